The highest BCUT2D eigenvalue weighted by Gasteiger charge is 2.50. The van der Waals surface area contributed by atoms with E-state index >= 15 is 0 Å². The van der Waals surface area contributed by atoms with Crippen LogP contribution in [0.25, 0.3) is 0 Å². The van der Waals surface area contributed by atoms with Crippen LogP contribution in [0.4, 0.5) is 0 Å². The molecule has 4 aliphatic rings. The summed E-state index contributed by atoms with van der Waals surface area (Å²) in [5.74, 6) is 1.74. The molecule has 174 valence electrons. The van der Waals surface area contributed by atoms with Crippen molar-refractivity contribution >= 4 is 21.9 Å². The molecular formula is C27H30BrNO4. The zero-order valence-corrected chi connectivity index (χ0v) is 20.4. The maximum Gasteiger partial charge on any atom is 0.343 e. The number of esters is 1. The molecule has 1 saturated carbocycles. The van der Waals surface area contributed by atoms with Gasteiger partial charge in [0.1, 0.15) is 24.4 Å². The van der Waals surface area contributed by atoms with E-state index in [1.54, 1.807) is 0 Å². The topological polar surface area (TPSA) is 48.0 Å². The highest BCUT2D eigenvalue weighted by molar-refractivity contribution is 9.10. The second-order valence-electron chi connectivity index (χ2n) is 9.90. The van der Waals surface area contributed by atoms with Gasteiger partial charge in [0.25, 0.3) is 0 Å². The Morgan fingerprint density at radius 3 is 2.52 bits per heavy atom. The molecule has 3 aliphatic heterocycles. The fourth-order valence-electron chi connectivity index (χ4n) is 6.28. The average Bonchev–Trinajstić information content (AvgIpc) is 3.13. The summed E-state index contributed by atoms with van der Waals surface area (Å²) >= 11 is 3.70. The predicted molar refractivity (Wildman–Crippen MR) is 129 cm³/mol. The normalized spacial score (nSPS) is 27.4. The minimum absolute atomic E-state index is 0.251. The van der Waals surface area contributed by atoms with Crippen molar-refractivity contribution in [1.29, 1.82) is 0 Å². The van der Waals surface area contributed by atoms with Gasteiger partial charge in [0, 0.05) is 16.1 Å². The fourth-order valence-corrected chi connectivity index (χ4v) is 6.73. The van der Waals surface area contributed by atoms with E-state index in [4.69, 9.17) is 14.2 Å². The van der Waals surface area contributed by atoms with Crippen molar-refractivity contribution in [3.05, 3.63) is 57.6 Å². The third kappa shape index (κ3) is 3.85. The lowest BCUT2D eigenvalue weighted by molar-refractivity contribution is -0.0446. The van der Waals surface area contributed by atoms with Crippen LogP contribution in [0.15, 0.2) is 40.9 Å². The lowest BCUT2D eigenvalue weighted by atomic mass is 9.76. The monoisotopic (exact) mass is 511 g/mol. The van der Waals surface area contributed by atoms with Gasteiger partial charge in [-0.15, -0.1) is 0 Å². The van der Waals surface area contributed by atoms with Crippen molar-refractivity contribution in [2.75, 3.05) is 26.3 Å². The van der Waals surface area contributed by atoms with Crippen LogP contribution in [0, 0.1) is 5.92 Å². The first-order chi connectivity index (χ1) is 16.1. The number of hydrogen-bond donors (Lipinski definition) is 0. The molecule has 0 amide bonds. The van der Waals surface area contributed by atoms with E-state index in [0.29, 0.717) is 36.3 Å². The lowest BCUT2D eigenvalue weighted by Gasteiger charge is -2.43. The molecule has 3 heterocycles. The maximum absolute atomic E-state index is 12.8. The summed E-state index contributed by atoms with van der Waals surface area (Å²) in [4.78, 5) is 15.5. The number of likely N-dealkylation sites (tertiary alicyclic amines) is 1. The van der Waals surface area contributed by atoms with E-state index < -0.39 is 5.60 Å². The number of rotatable bonds is 3. The van der Waals surface area contributed by atoms with Gasteiger partial charge in [-0.3, -0.25) is 0 Å². The molecule has 0 unspecified atom stereocenters. The SMILES string of the molecule is O=C1OC2(CCC(N3CCC(Cc4ccccc4Br)CC3)CC2)c2ccc3c(c21)OCCO3. The summed E-state index contributed by atoms with van der Waals surface area (Å²) in [7, 11) is 0. The standard InChI is InChI=1S/C27H30BrNO4/c28-22-4-2-1-3-19(22)17-18-9-13-29(14-10-18)20-7-11-27(12-8-20)21-5-6-23-25(32-16-15-31-23)24(21)26(30)33-27/h1-6,18,20H,7-17H2. The maximum atomic E-state index is 12.8. The molecule has 2 aromatic rings. The molecule has 0 atom stereocenters. The van der Waals surface area contributed by atoms with Crippen molar-refractivity contribution in [1.82, 2.24) is 4.90 Å². The van der Waals surface area contributed by atoms with E-state index in [2.05, 4.69) is 45.1 Å². The molecule has 1 spiro atoms. The molecule has 0 aromatic heterocycles. The molecule has 33 heavy (non-hydrogen) atoms. The van der Waals surface area contributed by atoms with Crippen molar-refractivity contribution in [2.45, 2.75) is 56.6 Å². The number of ether oxygens (including phenoxy) is 3. The van der Waals surface area contributed by atoms with Gasteiger partial charge < -0.3 is 19.1 Å². The van der Waals surface area contributed by atoms with Crippen LogP contribution in [-0.4, -0.2) is 43.2 Å². The van der Waals surface area contributed by atoms with Gasteiger partial charge in [-0.05, 0) is 81.6 Å². The predicted octanol–water partition coefficient (Wildman–Crippen LogP) is 5.48. The van der Waals surface area contributed by atoms with E-state index in [1.807, 2.05) is 12.1 Å². The fraction of sp³-hybridized carbons (Fsp3) is 0.519. The molecule has 0 N–H and O–H groups in total. The highest BCUT2D eigenvalue weighted by Crippen LogP contribution is 2.52. The minimum atomic E-state index is -0.489. The first kappa shape index (κ1) is 21.5. The zero-order chi connectivity index (χ0) is 22.4. The van der Waals surface area contributed by atoms with Crippen LogP contribution in [-0.2, 0) is 16.8 Å². The molecule has 6 heteroatoms. The van der Waals surface area contributed by atoms with E-state index in [0.717, 1.165) is 43.6 Å². The average molecular weight is 512 g/mol. The van der Waals surface area contributed by atoms with Crippen LogP contribution < -0.4 is 9.47 Å². The molecule has 1 saturated heterocycles. The van der Waals surface area contributed by atoms with Crippen LogP contribution in [0.2, 0.25) is 0 Å². The number of halogens is 1. The van der Waals surface area contributed by atoms with Gasteiger partial charge >= 0.3 is 5.97 Å². The minimum Gasteiger partial charge on any atom is -0.486 e. The second-order valence-corrected chi connectivity index (χ2v) is 10.8. The van der Waals surface area contributed by atoms with Crippen molar-refractivity contribution in [3.63, 3.8) is 0 Å². The Morgan fingerprint density at radius 2 is 1.73 bits per heavy atom. The van der Waals surface area contributed by atoms with Crippen LogP contribution >= 0.6 is 15.9 Å². The Morgan fingerprint density at radius 1 is 0.970 bits per heavy atom. The Kier molecular flexibility index (Phi) is 5.61. The summed E-state index contributed by atoms with van der Waals surface area (Å²) in [5, 5.41) is 0. The van der Waals surface area contributed by atoms with Gasteiger partial charge in [0.2, 0.25) is 0 Å². The van der Waals surface area contributed by atoms with Gasteiger partial charge in [-0.2, -0.15) is 0 Å². The summed E-state index contributed by atoms with van der Waals surface area (Å²) in [6.07, 6.45) is 7.56. The van der Waals surface area contributed by atoms with Crippen LogP contribution in [0.5, 0.6) is 11.5 Å². The quantitative estimate of drug-likeness (QED) is 0.510. The van der Waals surface area contributed by atoms with Crippen molar-refractivity contribution in [3.8, 4) is 11.5 Å². The lowest BCUT2D eigenvalue weighted by Crippen LogP contribution is -2.46. The first-order valence-corrected chi connectivity index (χ1v) is 13.1. The van der Waals surface area contributed by atoms with Gasteiger partial charge in [0.05, 0.1) is 0 Å². The number of benzene rings is 2. The Hall–Kier alpha value is -2.05. The molecule has 2 fully saturated rings. The highest BCUT2D eigenvalue weighted by atomic mass is 79.9. The van der Waals surface area contributed by atoms with Gasteiger partial charge in [-0.1, -0.05) is 40.2 Å². The van der Waals surface area contributed by atoms with Crippen molar-refractivity contribution < 1.29 is 19.0 Å². The Balaban J connectivity index is 1.09. The molecule has 0 bridgehead atoms. The molecule has 0 radical (unpaired) electrons. The number of nitrogens with zero attached hydrogens (tertiary/aromatic N) is 1. The number of fused-ring (bicyclic) bond motifs is 4. The van der Waals surface area contributed by atoms with E-state index in [9.17, 15) is 4.79 Å². The zero-order valence-electron chi connectivity index (χ0n) is 18.9. The molecule has 5 nitrogen and oxygen atoms in total. The summed E-state index contributed by atoms with van der Waals surface area (Å²) in [5.41, 5.74) is 2.53. The smallest absolute Gasteiger partial charge is 0.343 e. The summed E-state index contributed by atoms with van der Waals surface area (Å²) in [6.45, 7) is 3.33. The number of carbonyl (C=O) groups is 1. The van der Waals surface area contributed by atoms with Crippen LogP contribution in [0.1, 0.15) is 60.0 Å². The van der Waals surface area contributed by atoms with Gasteiger partial charge in [-0.25, -0.2) is 4.79 Å². The Bertz CT molecular complexity index is 1050. The van der Waals surface area contributed by atoms with Gasteiger partial charge in [0.15, 0.2) is 11.5 Å². The van der Waals surface area contributed by atoms with Crippen LogP contribution in [0.3, 0.4) is 0 Å². The summed E-state index contributed by atoms with van der Waals surface area (Å²) in [6, 6.07) is 13.2. The van der Waals surface area contributed by atoms with E-state index in [1.165, 1.54) is 36.0 Å². The third-order valence-corrected chi connectivity index (χ3v) is 8.86. The molecule has 1 aliphatic carbocycles. The Labute approximate surface area is 203 Å². The second kappa shape index (κ2) is 8.62. The molecular weight excluding hydrogens is 482 g/mol. The molecule has 6 rings (SSSR count). The largest absolute Gasteiger partial charge is 0.486 e. The number of piperidine rings is 1. The molecule has 2 aromatic carbocycles. The first-order valence-electron chi connectivity index (χ1n) is 12.3. The number of carbonyl (C=O) groups excluding carboxylic acids is 1. The van der Waals surface area contributed by atoms with Crippen molar-refractivity contribution in [2.24, 2.45) is 5.92 Å². The third-order valence-electron chi connectivity index (χ3n) is 8.09. The number of hydrogen-bond acceptors (Lipinski definition) is 5. The summed E-state index contributed by atoms with van der Waals surface area (Å²) < 4.78 is 18.8. The van der Waals surface area contributed by atoms with E-state index in [-0.39, 0.29) is 5.97 Å².